The van der Waals surface area contributed by atoms with Crippen LogP contribution < -0.4 is 11.2 Å². The molecule has 0 radical (unpaired) electrons. The van der Waals surface area contributed by atoms with Gasteiger partial charge < -0.3 is 5.73 Å². The van der Waals surface area contributed by atoms with Crippen LogP contribution in [0.4, 0.5) is 5.69 Å². The molecule has 0 atom stereocenters. The van der Waals surface area contributed by atoms with Crippen molar-refractivity contribution in [3.63, 3.8) is 0 Å². The Kier molecular flexibility index (Phi) is 2.52. The van der Waals surface area contributed by atoms with Crippen molar-refractivity contribution in [3.8, 4) is 0 Å². The molecule has 2 aliphatic carbocycles. The zero-order valence-electron chi connectivity index (χ0n) is 9.79. The second-order valence-corrected chi connectivity index (χ2v) is 4.82. The van der Waals surface area contributed by atoms with Crippen LogP contribution in [0.5, 0.6) is 0 Å². The predicted molar refractivity (Wildman–Crippen MR) is 66.7 cm³/mol. The third-order valence-electron chi connectivity index (χ3n) is 3.79. The fourth-order valence-corrected chi connectivity index (χ4v) is 3.07. The fourth-order valence-electron chi connectivity index (χ4n) is 3.07. The lowest BCUT2D eigenvalue weighted by atomic mass is 9.99. The van der Waals surface area contributed by atoms with Gasteiger partial charge in [-0.05, 0) is 60.8 Å². The molecule has 0 unspecified atom stereocenters. The van der Waals surface area contributed by atoms with E-state index in [1.807, 2.05) is 5.48 Å². The lowest BCUT2D eigenvalue weighted by Gasteiger charge is -2.11. The number of hydroxylamine groups is 1. The van der Waals surface area contributed by atoms with Crippen molar-refractivity contribution < 1.29 is 5.21 Å². The number of hydrogen-bond donors (Lipinski definition) is 3. The number of rotatable bonds is 1. The minimum atomic E-state index is 0.0828. The number of aryl methyl sites for hydroxylation is 2. The van der Waals surface area contributed by atoms with Gasteiger partial charge >= 0.3 is 0 Å². The molecule has 0 aliphatic heterocycles. The van der Waals surface area contributed by atoms with Gasteiger partial charge in [-0.3, -0.25) is 5.21 Å². The Bertz CT molecular complexity index is 462. The highest BCUT2D eigenvalue weighted by Gasteiger charge is 2.23. The minimum absolute atomic E-state index is 0.0828. The topological polar surface area (TPSA) is 70.6 Å². The first-order chi connectivity index (χ1) is 8.29. The first-order valence-corrected chi connectivity index (χ1v) is 6.20. The van der Waals surface area contributed by atoms with Gasteiger partial charge in [0.15, 0.2) is 0 Å². The van der Waals surface area contributed by atoms with Crippen molar-refractivity contribution in [2.75, 3.05) is 0 Å². The Balaban J connectivity index is 2.18. The van der Waals surface area contributed by atoms with E-state index in [1.54, 1.807) is 0 Å². The maximum atomic E-state index is 8.79. The van der Waals surface area contributed by atoms with Gasteiger partial charge in [-0.1, -0.05) is 6.07 Å². The molecule has 0 saturated carbocycles. The van der Waals surface area contributed by atoms with E-state index in [4.69, 9.17) is 10.9 Å². The molecule has 4 nitrogen and oxygen atoms in total. The van der Waals surface area contributed by atoms with Crippen molar-refractivity contribution in [2.45, 2.75) is 38.5 Å². The number of guanidine groups is 1. The van der Waals surface area contributed by atoms with Crippen molar-refractivity contribution in [2.24, 2.45) is 10.7 Å². The third kappa shape index (κ3) is 1.69. The molecular weight excluding hydrogens is 214 g/mol. The average Bonchev–Trinajstić information content (AvgIpc) is 2.96. The van der Waals surface area contributed by atoms with Crippen LogP contribution in [-0.2, 0) is 25.7 Å². The van der Waals surface area contributed by atoms with E-state index in [-0.39, 0.29) is 5.96 Å². The molecule has 0 spiro atoms. The molecule has 3 rings (SSSR count). The van der Waals surface area contributed by atoms with Crippen LogP contribution in [0.2, 0.25) is 0 Å². The second-order valence-electron chi connectivity index (χ2n) is 4.82. The van der Waals surface area contributed by atoms with E-state index in [1.165, 1.54) is 35.1 Å². The van der Waals surface area contributed by atoms with E-state index < -0.39 is 0 Å². The lowest BCUT2D eigenvalue weighted by molar-refractivity contribution is 0.233. The quantitative estimate of drug-likeness (QED) is 0.390. The van der Waals surface area contributed by atoms with Crippen LogP contribution in [0, 0.1) is 0 Å². The third-order valence-corrected chi connectivity index (χ3v) is 3.79. The first kappa shape index (κ1) is 10.6. The van der Waals surface area contributed by atoms with Crippen LogP contribution in [0.15, 0.2) is 11.1 Å². The van der Waals surface area contributed by atoms with Gasteiger partial charge in [-0.2, -0.15) is 0 Å². The molecule has 4 N–H and O–H groups in total. The summed E-state index contributed by atoms with van der Waals surface area (Å²) in [6.45, 7) is 0. The van der Waals surface area contributed by atoms with Gasteiger partial charge in [-0.25, -0.2) is 10.5 Å². The van der Waals surface area contributed by atoms with E-state index in [2.05, 4.69) is 11.1 Å². The monoisotopic (exact) mass is 231 g/mol. The molecule has 90 valence electrons. The molecule has 4 heteroatoms. The van der Waals surface area contributed by atoms with Gasteiger partial charge in [0.05, 0.1) is 5.69 Å². The van der Waals surface area contributed by atoms with Gasteiger partial charge in [0.25, 0.3) is 0 Å². The zero-order chi connectivity index (χ0) is 11.8. The molecule has 0 bridgehead atoms. The molecule has 17 heavy (non-hydrogen) atoms. The number of fused-ring (bicyclic) bond motifs is 2. The highest BCUT2D eigenvalue weighted by molar-refractivity contribution is 5.81. The van der Waals surface area contributed by atoms with Crippen molar-refractivity contribution in [1.29, 1.82) is 0 Å². The van der Waals surface area contributed by atoms with Crippen LogP contribution in [0.1, 0.15) is 35.1 Å². The van der Waals surface area contributed by atoms with Crippen LogP contribution in [0.3, 0.4) is 0 Å². The van der Waals surface area contributed by atoms with Crippen LogP contribution in [0.25, 0.3) is 0 Å². The van der Waals surface area contributed by atoms with Gasteiger partial charge in [0, 0.05) is 0 Å². The number of nitrogens with two attached hydrogens (primary N) is 1. The summed E-state index contributed by atoms with van der Waals surface area (Å²) in [5.74, 6) is 0.0828. The SMILES string of the molecule is NC(=Nc1c2c(cc3c1CCC3)CCC2)NO. The number of aliphatic imine (C=N–C) groups is 1. The summed E-state index contributed by atoms with van der Waals surface area (Å²) in [5, 5.41) is 8.79. The summed E-state index contributed by atoms with van der Waals surface area (Å²) in [4.78, 5) is 4.35. The zero-order valence-corrected chi connectivity index (χ0v) is 9.79. The van der Waals surface area contributed by atoms with E-state index in [0.717, 1.165) is 31.4 Å². The molecule has 0 fully saturated rings. The van der Waals surface area contributed by atoms with Crippen LogP contribution >= 0.6 is 0 Å². The second kappa shape index (κ2) is 4.04. The predicted octanol–water partition coefficient (Wildman–Crippen LogP) is 1.59. The normalized spacial score (nSPS) is 18.1. The molecule has 1 aromatic carbocycles. The molecule has 2 aliphatic rings. The fraction of sp³-hybridized carbons (Fsp3) is 0.462. The van der Waals surface area contributed by atoms with E-state index in [9.17, 15) is 0 Å². The minimum Gasteiger partial charge on any atom is -0.368 e. The van der Waals surface area contributed by atoms with Gasteiger partial charge in [0.1, 0.15) is 0 Å². The summed E-state index contributed by atoms with van der Waals surface area (Å²) < 4.78 is 0. The lowest BCUT2D eigenvalue weighted by Crippen LogP contribution is -2.28. The highest BCUT2D eigenvalue weighted by atomic mass is 16.5. The molecule has 0 saturated heterocycles. The molecular formula is C13H17N3O. The van der Waals surface area contributed by atoms with E-state index in [0.29, 0.717) is 0 Å². The summed E-state index contributed by atoms with van der Waals surface area (Å²) in [5.41, 5.74) is 14.1. The Morgan fingerprint density at radius 3 is 2.24 bits per heavy atom. The van der Waals surface area contributed by atoms with Crippen molar-refractivity contribution in [1.82, 2.24) is 5.48 Å². The summed E-state index contributed by atoms with van der Waals surface area (Å²) in [7, 11) is 0. The number of benzene rings is 1. The molecule has 1 aromatic rings. The van der Waals surface area contributed by atoms with Crippen molar-refractivity contribution >= 4 is 11.6 Å². The Hall–Kier alpha value is -1.55. The number of hydrogen-bond acceptors (Lipinski definition) is 2. The smallest absolute Gasteiger partial charge is 0.218 e. The summed E-state index contributed by atoms with van der Waals surface area (Å²) >= 11 is 0. The van der Waals surface area contributed by atoms with Gasteiger partial charge in [-0.15, -0.1) is 0 Å². The van der Waals surface area contributed by atoms with Crippen LogP contribution in [-0.4, -0.2) is 11.2 Å². The molecule has 0 aromatic heterocycles. The van der Waals surface area contributed by atoms with E-state index >= 15 is 0 Å². The Morgan fingerprint density at radius 1 is 1.12 bits per heavy atom. The molecule has 0 amide bonds. The highest BCUT2D eigenvalue weighted by Crippen LogP contribution is 2.40. The number of nitrogens with one attached hydrogen (secondary N) is 1. The Labute approximate surface area is 101 Å². The first-order valence-electron chi connectivity index (χ1n) is 6.20. The maximum absolute atomic E-state index is 8.79. The maximum Gasteiger partial charge on any atom is 0.218 e. The van der Waals surface area contributed by atoms with Crippen molar-refractivity contribution in [3.05, 3.63) is 28.3 Å². The summed E-state index contributed by atoms with van der Waals surface area (Å²) in [6.07, 6.45) is 6.87. The summed E-state index contributed by atoms with van der Waals surface area (Å²) in [6, 6.07) is 2.35. The largest absolute Gasteiger partial charge is 0.368 e. The number of nitrogens with zero attached hydrogens (tertiary/aromatic N) is 1. The molecule has 0 heterocycles. The Morgan fingerprint density at radius 2 is 1.71 bits per heavy atom. The standard InChI is InChI=1S/C13H17N3O/c14-13(16-17)15-12-10-5-1-3-8(10)7-9-4-2-6-11(9)12/h7,17H,1-6H2,(H3,14,15,16). The average molecular weight is 231 g/mol. The van der Waals surface area contributed by atoms with Gasteiger partial charge in [0.2, 0.25) is 5.96 Å².